The average molecular weight is 510 g/mol. The molecule has 2 aromatic carbocycles. The van der Waals surface area contributed by atoms with Crippen molar-refractivity contribution in [2.45, 2.75) is 19.0 Å². The number of rotatable bonds is 4. The second-order valence-electron chi connectivity index (χ2n) is 7.20. The molecule has 2 fully saturated rings. The Morgan fingerprint density at radius 1 is 0.929 bits per heavy atom. The summed E-state index contributed by atoms with van der Waals surface area (Å²) in [6.07, 6.45) is 0.266. The van der Waals surface area contributed by atoms with E-state index in [1.807, 2.05) is 48.5 Å². The molecule has 0 aliphatic carbocycles. The smallest absolute Gasteiger partial charge is 0.251 e. The predicted molar refractivity (Wildman–Crippen MR) is 118 cm³/mol. The molecule has 0 N–H and O–H groups in total. The molecule has 2 aliphatic rings. The van der Waals surface area contributed by atoms with Gasteiger partial charge in [-0.05, 0) is 64.6 Å². The van der Waals surface area contributed by atoms with Crippen molar-refractivity contribution in [3.05, 3.63) is 62.7 Å². The van der Waals surface area contributed by atoms with Gasteiger partial charge in [0.25, 0.3) is 5.91 Å². The molecule has 2 saturated heterocycles. The molecule has 28 heavy (non-hydrogen) atoms. The van der Waals surface area contributed by atoms with E-state index in [9.17, 15) is 9.59 Å². The first kappa shape index (κ1) is 19.8. The number of anilines is 1. The quantitative estimate of drug-likeness (QED) is 0.468. The second-order valence-corrected chi connectivity index (χ2v) is 8.88. The third-order valence-corrected chi connectivity index (χ3v) is 6.35. The summed E-state index contributed by atoms with van der Waals surface area (Å²) < 4.78 is 1.08. The molecular formula is C21H21ClIN3O2. The number of hydrogen-bond donors (Lipinski definition) is 0. The van der Waals surface area contributed by atoms with Crippen molar-refractivity contribution in [2.75, 3.05) is 31.1 Å². The maximum Gasteiger partial charge on any atom is 0.251 e. The van der Waals surface area contributed by atoms with E-state index in [1.165, 1.54) is 10.5 Å². The van der Waals surface area contributed by atoms with Gasteiger partial charge in [0.05, 0.1) is 18.2 Å². The first-order valence-electron chi connectivity index (χ1n) is 9.34. The van der Waals surface area contributed by atoms with Gasteiger partial charge in [-0.25, -0.2) is 4.90 Å². The van der Waals surface area contributed by atoms with E-state index in [4.69, 9.17) is 11.6 Å². The van der Waals surface area contributed by atoms with E-state index < -0.39 is 0 Å². The van der Waals surface area contributed by atoms with Crippen LogP contribution in [0.25, 0.3) is 0 Å². The Balaban J connectivity index is 1.37. The molecule has 2 amide bonds. The molecule has 5 nitrogen and oxygen atoms in total. The molecule has 2 aromatic rings. The van der Waals surface area contributed by atoms with Crippen LogP contribution in [0.4, 0.5) is 5.69 Å². The maximum atomic E-state index is 12.9. The van der Waals surface area contributed by atoms with Gasteiger partial charge in [0.2, 0.25) is 5.91 Å². The van der Waals surface area contributed by atoms with Crippen LogP contribution < -0.4 is 4.90 Å². The molecule has 1 atom stereocenters. The predicted octanol–water partition coefficient (Wildman–Crippen LogP) is 3.39. The molecule has 2 heterocycles. The van der Waals surface area contributed by atoms with Gasteiger partial charge in [0.15, 0.2) is 0 Å². The van der Waals surface area contributed by atoms with Gasteiger partial charge in [-0.3, -0.25) is 19.4 Å². The zero-order valence-electron chi connectivity index (χ0n) is 15.4. The molecule has 0 radical (unpaired) electrons. The Hall–Kier alpha value is -1.48. The average Bonchev–Trinajstić information content (AvgIpc) is 2.99. The lowest BCUT2D eigenvalue weighted by molar-refractivity contribution is -0.123. The van der Waals surface area contributed by atoms with Crippen molar-refractivity contribution >= 4 is 51.7 Å². The number of hydrogen-bond acceptors (Lipinski definition) is 4. The topological polar surface area (TPSA) is 43.9 Å². The van der Waals surface area contributed by atoms with Crippen molar-refractivity contribution in [1.29, 1.82) is 0 Å². The monoisotopic (exact) mass is 509 g/mol. The minimum absolute atomic E-state index is 0.0997. The summed E-state index contributed by atoms with van der Waals surface area (Å²) in [5.74, 6) is -0.211. The number of carbonyl (C=O) groups excluding carboxylic acids is 2. The Morgan fingerprint density at radius 2 is 1.57 bits per heavy atom. The summed E-state index contributed by atoms with van der Waals surface area (Å²) in [5, 5.41) is 0.746. The molecule has 2 aliphatic heterocycles. The molecule has 7 heteroatoms. The van der Waals surface area contributed by atoms with Crippen molar-refractivity contribution in [2.24, 2.45) is 0 Å². The van der Waals surface area contributed by atoms with E-state index in [0.29, 0.717) is 5.69 Å². The maximum absolute atomic E-state index is 12.9. The molecule has 0 bridgehead atoms. The summed E-state index contributed by atoms with van der Waals surface area (Å²) >= 11 is 8.16. The molecule has 146 valence electrons. The van der Waals surface area contributed by atoms with Crippen LogP contribution in [0.3, 0.4) is 0 Å². The SMILES string of the molecule is O=C1C[C@@H](N2CCN(Cc3ccc(Cl)cc3)CC2)C(=O)N1c1ccc(I)cc1. The zero-order valence-corrected chi connectivity index (χ0v) is 18.3. The van der Waals surface area contributed by atoms with Crippen LogP contribution in [-0.2, 0) is 16.1 Å². The number of carbonyl (C=O) groups is 2. The molecule has 0 spiro atoms. The van der Waals surface area contributed by atoms with Crippen molar-refractivity contribution in [3.63, 3.8) is 0 Å². The highest BCUT2D eigenvalue weighted by molar-refractivity contribution is 14.1. The van der Waals surface area contributed by atoms with E-state index >= 15 is 0 Å². The van der Waals surface area contributed by atoms with Gasteiger partial charge in [-0.1, -0.05) is 23.7 Å². The highest BCUT2D eigenvalue weighted by Crippen LogP contribution is 2.27. The minimum atomic E-state index is -0.343. The number of piperazine rings is 1. The fourth-order valence-corrected chi connectivity index (χ4v) is 4.33. The van der Waals surface area contributed by atoms with E-state index in [0.717, 1.165) is 41.3 Å². The van der Waals surface area contributed by atoms with Crippen molar-refractivity contribution in [3.8, 4) is 0 Å². The number of benzene rings is 2. The fraction of sp³-hybridized carbons (Fsp3) is 0.333. The fourth-order valence-electron chi connectivity index (χ4n) is 3.84. The minimum Gasteiger partial charge on any atom is -0.297 e. The van der Waals surface area contributed by atoms with Gasteiger partial charge >= 0.3 is 0 Å². The molecule has 0 aromatic heterocycles. The van der Waals surface area contributed by atoms with Crippen LogP contribution in [-0.4, -0.2) is 53.8 Å². The van der Waals surface area contributed by atoms with Crippen LogP contribution >= 0.6 is 34.2 Å². The number of halogens is 2. The first-order chi connectivity index (χ1) is 13.5. The van der Waals surface area contributed by atoms with Crippen LogP contribution in [0, 0.1) is 3.57 Å². The van der Waals surface area contributed by atoms with Gasteiger partial charge in [-0.15, -0.1) is 0 Å². The van der Waals surface area contributed by atoms with Gasteiger partial charge < -0.3 is 0 Å². The highest BCUT2D eigenvalue weighted by atomic mass is 127. The first-order valence-corrected chi connectivity index (χ1v) is 10.8. The lowest BCUT2D eigenvalue weighted by Gasteiger charge is -2.37. The van der Waals surface area contributed by atoms with E-state index in [-0.39, 0.29) is 24.3 Å². The Bertz CT molecular complexity index is 864. The van der Waals surface area contributed by atoms with Gasteiger partial charge in [0.1, 0.15) is 0 Å². The highest BCUT2D eigenvalue weighted by Gasteiger charge is 2.43. The Morgan fingerprint density at radius 3 is 2.21 bits per heavy atom. The summed E-state index contributed by atoms with van der Waals surface area (Å²) in [5.41, 5.74) is 1.90. The van der Waals surface area contributed by atoms with Crippen molar-refractivity contribution in [1.82, 2.24) is 9.80 Å². The summed E-state index contributed by atoms with van der Waals surface area (Å²) in [4.78, 5) is 31.3. The van der Waals surface area contributed by atoms with Crippen LogP contribution in [0.1, 0.15) is 12.0 Å². The molecule has 0 saturated carbocycles. The summed E-state index contributed by atoms with van der Waals surface area (Å²) in [6, 6.07) is 15.1. The lowest BCUT2D eigenvalue weighted by Crippen LogP contribution is -2.52. The number of nitrogens with zero attached hydrogens (tertiary/aromatic N) is 3. The van der Waals surface area contributed by atoms with Crippen molar-refractivity contribution < 1.29 is 9.59 Å². The van der Waals surface area contributed by atoms with E-state index in [2.05, 4.69) is 32.4 Å². The Kier molecular flexibility index (Phi) is 6.01. The normalized spacial score (nSPS) is 21.5. The van der Waals surface area contributed by atoms with Crippen LogP contribution in [0.5, 0.6) is 0 Å². The molecule has 4 rings (SSSR count). The van der Waals surface area contributed by atoms with Crippen LogP contribution in [0.2, 0.25) is 5.02 Å². The third kappa shape index (κ3) is 4.25. The number of amides is 2. The van der Waals surface area contributed by atoms with Crippen LogP contribution in [0.15, 0.2) is 48.5 Å². The van der Waals surface area contributed by atoms with Gasteiger partial charge in [0, 0.05) is 41.3 Å². The lowest BCUT2D eigenvalue weighted by atomic mass is 10.1. The summed E-state index contributed by atoms with van der Waals surface area (Å²) in [7, 11) is 0. The van der Waals surface area contributed by atoms with E-state index in [1.54, 1.807) is 0 Å². The zero-order chi connectivity index (χ0) is 19.7. The number of imide groups is 1. The standard InChI is InChI=1S/C21H21ClIN3O2/c22-16-3-1-15(2-4-16)14-24-9-11-25(12-10-24)19-13-20(27)26(21(19)28)18-7-5-17(23)6-8-18/h1-8,19H,9-14H2/t19-/m1/s1. The summed E-state index contributed by atoms with van der Waals surface area (Å²) in [6.45, 7) is 4.21. The largest absolute Gasteiger partial charge is 0.297 e. The Labute approximate surface area is 183 Å². The molecule has 0 unspecified atom stereocenters. The third-order valence-electron chi connectivity index (χ3n) is 5.37. The molecular weight excluding hydrogens is 489 g/mol. The second kappa shape index (κ2) is 8.49. The van der Waals surface area contributed by atoms with Gasteiger partial charge in [-0.2, -0.15) is 0 Å².